The zero-order valence-corrected chi connectivity index (χ0v) is 16.2. The van der Waals surface area contributed by atoms with E-state index in [4.69, 9.17) is 4.74 Å². The topological polar surface area (TPSA) is 74.1 Å². The summed E-state index contributed by atoms with van der Waals surface area (Å²) in [4.78, 5) is 26.8. The zero-order valence-electron chi connectivity index (χ0n) is 15.4. The van der Waals surface area contributed by atoms with Gasteiger partial charge in [-0.15, -0.1) is 16.4 Å². The Morgan fingerprint density at radius 2 is 2.11 bits per heavy atom. The second-order valence-corrected chi connectivity index (χ2v) is 8.09. The Hall–Kier alpha value is -2.54. The molecule has 6 nitrogen and oxygen atoms in total. The van der Waals surface area contributed by atoms with E-state index in [0.717, 1.165) is 35.0 Å². The Balaban J connectivity index is 1.64. The summed E-state index contributed by atoms with van der Waals surface area (Å²) in [6, 6.07) is 7.04. The maximum absolute atomic E-state index is 13.0. The molecule has 3 aromatic rings. The maximum atomic E-state index is 13.0. The fourth-order valence-corrected chi connectivity index (χ4v) is 4.85. The third-order valence-corrected chi connectivity index (χ3v) is 6.12. The van der Waals surface area contributed by atoms with Gasteiger partial charge >= 0.3 is 5.97 Å². The summed E-state index contributed by atoms with van der Waals surface area (Å²) in [5, 5.41) is 9.16. The Morgan fingerprint density at radius 3 is 2.85 bits per heavy atom. The van der Waals surface area contributed by atoms with Gasteiger partial charge in [-0.1, -0.05) is 24.3 Å². The Bertz CT molecular complexity index is 1050. The van der Waals surface area contributed by atoms with Gasteiger partial charge in [-0.05, 0) is 55.4 Å². The molecule has 0 saturated heterocycles. The molecule has 140 valence electrons. The van der Waals surface area contributed by atoms with E-state index >= 15 is 0 Å². The lowest BCUT2D eigenvalue weighted by Gasteiger charge is -2.17. The van der Waals surface area contributed by atoms with Crippen LogP contribution in [0.25, 0.3) is 10.2 Å². The molecule has 0 N–H and O–H groups in total. The molecule has 0 aliphatic heterocycles. The predicted molar refractivity (Wildman–Crippen MR) is 104 cm³/mol. The molecule has 2 aromatic heterocycles. The van der Waals surface area contributed by atoms with Crippen molar-refractivity contribution in [2.45, 2.75) is 39.7 Å². The first-order valence-corrected chi connectivity index (χ1v) is 10.0. The van der Waals surface area contributed by atoms with Crippen molar-refractivity contribution in [2.75, 3.05) is 6.61 Å². The number of carbonyl (C=O) groups is 1. The molecular weight excluding hydrogens is 362 g/mol. The van der Waals surface area contributed by atoms with Crippen LogP contribution in [0.15, 0.2) is 29.1 Å². The van der Waals surface area contributed by atoms with Crippen LogP contribution in [0.3, 0.4) is 0 Å². The summed E-state index contributed by atoms with van der Waals surface area (Å²) in [6.45, 7) is 4.69. The van der Waals surface area contributed by atoms with Gasteiger partial charge in [-0.3, -0.25) is 4.79 Å². The highest BCUT2D eigenvalue weighted by Crippen LogP contribution is 2.35. The van der Waals surface area contributed by atoms with Crippen molar-refractivity contribution in [3.8, 4) is 0 Å². The lowest BCUT2D eigenvalue weighted by atomic mass is 9.89. The minimum absolute atomic E-state index is 0.0819. The van der Waals surface area contributed by atoms with Crippen molar-refractivity contribution >= 4 is 27.5 Å². The first-order chi connectivity index (χ1) is 13.1. The van der Waals surface area contributed by atoms with Crippen LogP contribution < -0.4 is 5.56 Å². The van der Waals surface area contributed by atoms with Crippen LogP contribution in [-0.2, 0) is 24.1 Å². The number of hydrogen-bond donors (Lipinski definition) is 0. The molecule has 0 radical (unpaired) electrons. The highest BCUT2D eigenvalue weighted by molar-refractivity contribution is 7.18. The lowest BCUT2D eigenvalue weighted by Crippen LogP contribution is -2.25. The summed E-state index contributed by atoms with van der Waals surface area (Å²) in [5.74, 6) is 0.306. The summed E-state index contributed by atoms with van der Waals surface area (Å²) < 4.78 is 6.40. The van der Waals surface area contributed by atoms with Crippen LogP contribution in [0.5, 0.6) is 0 Å². The number of fused-ring (bicyclic) bond motifs is 3. The van der Waals surface area contributed by atoms with E-state index in [-0.39, 0.29) is 11.5 Å². The minimum atomic E-state index is -0.346. The van der Waals surface area contributed by atoms with Gasteiger partial charge in [-0.25, -0.2) is 9.48 Å². The fraction of sp³-hybridized carbons (Fsp3) is 0.400. The van der Waals surface area contributed by atoms with Gasteiger partial charge in [0, 0.05) is 4.88 Å². The zero-order chi connectivity index (χ0) is 19.0. The van der Waals surface area contributed by atoms with Crippen molar-refractivity contribution in [2.24, 2.45) is 5.92 Å². The smallest absolute Gasteiger partial charge is 0.338 e. The highest BCUT2D eigenvalue weighted by atomic mass is 32.1. The molecule has 7 heteroatoms. The van der Waals surface area contributed by atoms with Crippen molar-refractivity contribution in [3.05, 3.63) is 56.2 Å². The molecule has 0 spiro atoms. The van der Waals surface area contributed by atoms with Crippen LogP contribution in [0.1, 0.15) is 46.6 Å². The van der Waals surface area contributed by atoms with Gasteiger partial charge in [0.25, 0.3) is 5.56 Å². The van der Waals surface area contributed by atoms with E-state index < -0.39 is 0 Å². The molecule has 0 bridgehead atoms. The number of nitrogens with zero attached hydrogens (tertiary/aromatic N) is 3. The minimum Gasteiger partial charge on any atom is -0.462 e. The number of thiophene rings is 1. The summed E-state index contributed by atoms with van der Waals surface area (Å²) >= 11 is 1.60. The molecule has 0 fully saturated rings. The van der Waals surface area contributed by atoms with E-state index in [1.807, 2.05) is 12.1 Å². The Labute approximate surface area is 160 Å². The van der Waals surface area contributed by atoms with Crippen LogP contribution in [0.2, 0.25) is 0 Å². The van der Waals surface area contributed by atoms with Crippen LogP contribution in [0, 0.1) is 5.92 Å². The number of rotatable bonds is 4. The van der Waals surface area contributed by atoms with Crippen LogP contribution in [-0.4, -0.2) is 27.6 Å². The second kappa shape index (κ2) is 7.23. The number of hydrogen-bond acceptors (Lipinski definition) is 6. The van der Waals surface area contributed by atoms with Gasteiger partial charge in [0.2, 0.25) is 0 Å². The van der Waals surface area contributed by atoms with Crippen LogP contribution >= 0.6 is 11.3 Å². The molecule has 2 heterocycles. The van der Waals surface area contributed by atoms with Gasteiger partial charge in [0.15, 0.2) is 4.83 Å². The fourth-order valence-electron chi connectivity index (χ4n) is 3.53. The average molecular weight is 383 g/mol. The van der Waals surface area contributed by atoms with Crippen molar-refractivity contribution < 1.29 is 9.53 Å². The molecule has 0 amide bonds. The Morgan fingerprint density at radius 1 is 1.33 bits per heavy atom. The molecule has 1 aromatic carbocycles. The maximum Gasteiger partial charge on any atom is 0.338 e. The number of aromatic nitrogens is 3. The number of carbonyl (C=O) groups excluding carboxylic acids is 1. The number of ether oxygens (including phenoxy) is 1. The number of esters is 1. The monoisotopic (exact) mass is 383 g/mol. The van der Waals surface area contributed by atoms with E-state index in [1.54, 1.807) is 30.4 Å². The van der Waals surface area contributed by atoms with Crippen molar-refractivity contribution in [1.82, 2.24) is 15.0 Å². The van der Waals surface area contributed by atoms with E-state index in [2.05, 4.69) is 17.2 Å². The standard InChI is InChI=1S/C20H21N3O3S/c1-3-26-20(25)14-7-5-13(6-8-14)11-23-19(24)17-15-9-4-12(2)10-16(15)27-18(17)21-22-23/h5-8,12H,3-4,9-11H2,1-2H3. The van der Waals surface area contributed by atoms with E-state index in [0.29, 0.717) is 24.6 Å². The predicted octanol–water partition coefficient (Wildman–Crippen LogP) is 3.20. The molecular formula is C20H21N3O3S. The quantitative estimate of drug-likeness (QED) is 0.647. The first-order valence-electron chi connectivity index (χ1n) is 9.21. The molecule has 1 aliphatic carbocycles. The third-order valence-electron chi connectivity index (χ3n) is 4.98. The molecule has 1 aliphatic rings. The average Bonchev–Trinajstić information content (AvgIpc) is 3.03. The summed E-state index contributed by atoms with van der Waals surface area (Å²) in [6.07, 6.45) is 3.06. The van der Waals surface area contributed by atoms with Crippen LogP contribution in [0.4, 0.5) is 0 Å². The summed E-state index contributed by atoms with van der Waals surface area (Å²) in [5.41, 5.74) is 2.47. The first kappa shape index (κ1) is 17.9. The summed E-state index contributed by atoms with van der Waals surface area (Å²) in [7, 11) is 0. The molecule has 4 rings (SSSR count). The number of benzene rings is 1. The lowest BCUT2D eigenvalue weighted by molar-refractivity contribution is 0.0526. The number of aryl methyl sites for hydroxylation is 1. The van der Waals surface area contributed by atoms with Crippen molar-refractivity contribution in [1.29, 1.82) is 0 Å². The van der Waals surface area contributed by atoms with Gasteiger partial charge in [0.1, 0.15) is 0 Å². The normalized spacial score (nSPS) is 16.3. The SMILES string of the molecule is CCOC(=O)c1ccc(Cn2nnc3sc4c(c3c2=O)CCC(C)C4)cc1. The van der Waals surface area contributed by atoms with Gasteiger partial charge in [-0.2, -0.15) is 0 Å². The van der Waals surface area contributed by atoms with E-state index in [1.165, 1.54) is 15.1 Å². The van der Waals surface area contributed by atoms with Gasteiger partial charge in [0.05, 0.1) is 24.1 Å². The molecule has 1 unspecified atom stereocenters. The van der Waals surface area contributed by atoms with Gasteiger partial charge < -0.3 is 4.74 Å². The van der Waals surface area contributed by atoms with Crippen molar-refractivity contribution in [3.63, 3.8) is 0 Å². The Kier molecular flexibility index (Phi) is 4.78. The third kappa shape index (κ3) is 3.39. The molecule has 1 atom stereocenters. The molecule has 27 heavy (non-hydrogen) atoms. The molecule has 0 saturated carbocycles. The second-order valence-electron chi connectivity index (χ2n) is 7.00. The highest BCUT2D eigenvalue weighted by Gasteiger charge is 2.23. The largest absolute Gasteiger partial charge is 0.462 e. The van der Waals surface area contributed by atoms with E-state index in [9.17, 15) is 9.59 Å².